The molecule has 0 aromatic heterocycles. The van der Waals surface area contributed by atoms with Crippen LogP contribution in [0, 0.1) is 13.8 Å². The molecule has 0 saturated heterocycles. The average molecular weight is 579 g/mol. The van der Waals surface area contributed by atoms with Crippen molar-refractivity contribution in [2.45, 2.75) is 31.0 Å². The Morgan fingerprint density at radius 2 is 1.41 bits per heavy atom. The Morgan fingerprint density at radius 3 is 2.08 bits per heavy atom. The molecule has 0 aliphatic heterocycles. The number of nitrogens with zero attached hydrogens (tertiary/aromatic N) is 1. The number of benzene rings is 4. The van der Waals surface area contributed by atoms with E-state index >= 15 is 0 Å². The van der Waals surface area contributed by atoms with E-state index in [0.717, 1.165) is 22.6 Å². The van der Waals surface area contributed by atoms with Gasteiger partial charge in [-0.25, -0.2) is 8.42 Å². The maximum absolute atomic E-state index is 13.9. The Hall–Kier alpha value is -3.26. The minimum atomic E-state index is -3.98. The molecule has 0 spiro atoms. The summed E-state index contributed by atoms with van der Waals surface area (Å²) in [5.41, 5.74) is 4.78. The van der Waals surface area contributed by atoms with Gasteiger partial charge in [0.2, 0.25) is 0 Å². The SMILES string of the molecule is Cc1ccc(CSCCNC(=O)c2ccccc2N(Cc2ccc(Cl)cc2)S(=O)(=O)c2ccc(C)cc2)cc1. The lowest BCUT2D eigenvalue weighted by Crippen LogP contribution is -2.34. The van der Waals surface area contributed by atoms with Gasteiger partial charge in [-0.3, -0.25) is 9.10 Å². The van der Waals surface area contributed by atoms with Gasteiger partial charge in [0, 0.05) is 23.1 Å². The Morgan fingerprint density at radius 1 is 0.821 bits per heavy atom. The Balaban J connectivity index is 1.54. The molecule has 0 aliphatic carbocycles. The number of para-hydroxylation sites is 1. The van der Waals surface area contributed by atoms with E-state index in [9.17, 15) is 13.2 Å². The summed E-state index contributed by atoms with van der Waals surface area (Å²) in [6.07, 6.45) is 0. The summed E-state index contributed by atoms with van der Waals surface area (Å²) in [5.74, 6) is 1.27. The summed E-state index contributed by atoms with van der Waals surface area (Å²) in [5, 5.41) is 3.52. The first-order valence-electron chi connectivity index (χ1n) is 12.6. The number of sulfonamides is 1. The van der Waals surface area contributed by atoms with E-state index in [1.807, 2.05) is 6.92 Å². The quantitative estimate of drug-likeness (QED) is 0.194. The summed E-state index contributed by atoms with van der Waals surface area (Å²) in [6.45, 7) is 4.48. The second-order valence-corrected chi connectivity index (χ2v) is 12.7. The molecule has 0 saturated carbocycles. The smallest absolute Gasteiger partial charge is 0.264 e. The number of aryl methyl sites for hydroxylation is 2. The van der Waals surface area contributed by atoms with Crippen LogP contribution in [-0.4, -0.2) is 26.6 Å². The fourth-order valence-electron chi connectivity index (χ4n) is 3.98. The normalized spacial score (nSPS) is 11.3. The van der Waals surface area contributed by atoms with E-state index < -0.39 is 10.0 Å². The number of hydrogen-bond donors (Lipinski definition) is 1. The first-order valence-corrected chi connectivity index (χ1v) is 15.6. The van der Waals surface area contributed by atoms with Gasteiger partial charge in [-0.05, 0) is 61.4 Å². The van der Waals surface area contributed by atoms with Crippen LogP contribution in [0.5, 0.6) is 0 Å². The van der Waals surface area contributed by atoms with Crippen LogP contribution in [0.15, 0.2) is 102 Å². The van der Waals surface area contributed by atoms with Gasteiger partial charge in [0.15, 0.2) is 0 Å². The lowest BCUT2D eigenvalue weighted by atomic mass is 10.1. The predicted octanol–water partition coefficient (Wildman–Crippen LogP) is 7.02. The lowest BCUT2D eigenvalue weighted by Gasteiger charge is -2.27. The monoisotopic (exact) mass is 578 g/mol. The number of carbonyl (C=O) groups is 1. The Bertz CT molecular complexity index is 1510. The third-order valence-electron chi connectivity index (χ3n) is 6.19. The molecule has 0 unspecified atom stereocenters. The third kappa shape index (κ3) is 7.66. The first-order chi connectivity index (χ1) is 18.7. The molecule has 4 rings (SSSR count). The van der Waals surface area contributed by atoms with Crippen LogP contribution < -0.4 is 9.62 Å². The Labute approximate surface area is 240 Å². The number of carbonyl (C=O) groups excluding carboxylic acids is 1. The van der Waals surface area contributed by atoms with Crippen LogP contribution in [0.2, 0.25) is 5.02 Å². The van der Waals surface area contributed by atoms with Gasteiger partial charge in [-0.15, -0.1) is 0 Å². The van der Waals surface area contributed by atoms with E-state index in [1.165, 1.54) is 15.4 Å². The van der Waals surface area contributed by atoms with Crippen molar-refractivity contribution in [3.8, 4) is 0 Å². The van der Waals surface area contributed by atoms with Crippen molar-refractivity contribution >= 4 is 45.0 Å². The molecule has 0 atom stereocenters. The summed E-state index contributed by atoms with van der Waals surface area (Å²) in [4.78, 5) is 13.4. The summed E-state index contributed by atoms with van der Waals surface area (Å²) < 4.78 is 29.1. The highest BCUT2D eigenvalue weighted by molar-refractivity contribution is 7.98. The standard InChI is InChI=1S/C31H31ClN2O3S2/c1-23-7-11-26(12-8-23)22-38-20-19-33-31(35)29-5-3-4-6-30(29)34(21-25-13-15-27(32)16-14-25)39(36,37)28-17-9-24(2)10-18-28/h3-18H,19-22H2,1-2H3,(H,33,35). The zero-order valence-electron chi connectivity index (χ0n) is 21.9. The molecular formula is C31H31ClN2O3S2. The minimum Gasteiger partial charge on any atom is -0.351 e. The number of rotatable bonds is 11. The maximum atomic E-state index is 13.9. The van der Waals surface area contributed by atoms with Crippen LogP contribution in [0.25, 0.3) is 0 Å². The van der Waals surface area contributed by atoms with Gasteiger partial charge in [0.05, 0.1) is 22.7 Å². The van der Waals surface area contributed by atoms with Crippen LogP contribution in [0.1, 0.15) is 32.6 Å². The van der Waals surface area contributed by atoms with E-state index in [1.54, 1.807) is 84.6 Å². The van der Waals surface area contributed by atoms with Crippen molar-refractivity contribution in [1.82, 2.24) is 5.32 Å². The molecule has 0 bridgehead atoms. The molecule has 4 aromatic carbocycles. The van der Waals surface area contributed by atoms with E-state index in [0.29, 0.717) is 22.8 Å². The molecule has 0 aliphatic rings. The highest BCUT2D eigenvalue weighted by atomic mass is 35.5. The number of amides is 1. The van der Waals surface area contributed by atoms with Crippen molar-refractivity contribution in [1.29, 1.82) is 0 Å². The zero-order chi connectivity index (χ0) is 27.8. The largest absolute Gasteiger partial charge is 0.351 e. The molecule has 39 heavy (non-hydrogen) atoms. The van der Waals surface area contributed by atoms with Crippen molar-refractivity contribution in [3.63, 3.8) is 0 Å². The number of anilines is 1. The topological polar surface area (TPSA) is 66.5 Å². The third-order valence-corrected chi connectivity index (χ3v) is 9.24. The predicted molar refractivity (Wildman–Crippen MR) is 162 cm³/mol. The van der Waals surface area contributed by atoms with Crippen LogP contribution in [0.3, 0.4) is 0 Å². The van der Waals surface area contributed by atoms with Crippen LogP contribution in [0.4, 0.5) is 5.69 Å². The average Bonchev–Trinajstić information content (AvgIpc) is 2.93. The van der Waals surface area contributed by atoms with Crippen molar-refractivity contribution in [2.24, 2.45) is 0 Å². The van der Waals surface area contributed by atoms with Crippen molar-refractivity contribution in [3.05, 3.63) is 130 Å². The molecule has 0 fully saturated rings. The maximum Gasteiger partial charge on any atom is 0.264 e. The summed E-state index contributed by atoms with van der Waals surface area (Å²) in [7, 11) is -3.98. The number of hydrogen-bond acceptors (Lipinski definition) is 4. The van der Waals surface area contributed by atoms with Crippen LogP contribution >= 0.6 is 23.4 Å². The second kappa shape index (κ2) is 13.2. The van der Waals surface area contributed by atoms with E-state index in [2.05, 4.69) is 36.5 Å². The number of nitrogens with one attached hydrogen (secondary N) is 1. The second-order valence-electron chi connectivity index (χ2n) is 9.26. The molecular weight excluding hydrogens is 548 g/mol. The van der Waals surface area contributed by atoms with Crippen molar-refractivity contribution < 1.29 is 13.2 Å². The molecule has 202 valence electrons. The zero-order valence-corrected chi connectivity index (χ0v) is 24.3. The highest BCUT2D eigenvalue weighted by Gasteiger charge is 2.28. The van der Waals surface area contributed by atoms with Gasteiger partial charge < -0.3 is 5.32 Å². The molecule has 1 amide bonds. The molecule has 0 radical (unpaired) electrons. The molecule has 5 nitrogen and oxygen atoms in total. The van der Waals surface area contributed by atoms with Crippen molar-refractivity contribution in [2.75, 3.05) is 16.6 Å². The Kier molecular flexibility index (Phi) is 9.73. The molecule has 8 heteroatoms. The molecule has 1 N–H and O–H groups in total. The number of halogens is 1. The minimum absolute atomic E-state index is 0.0457. The molecule has 0 heterocycles. The molecule has 4 aromatic rings. The first kappa shape index (κ1) is 28.7. The fraction of sp³-hybridized carbons (Fsp3) is 0.194. The highest BCUT2D eigenvalue weighted by Crippen LogP contribution is 2.30. The van der Waals surface area contributed by atoms with Gasteiger partial charge >= 0.3 is 0 Å². The summed E-state index contributed by atoms with van der Waals surface area (Å²) >= 11 is 7.79. The number of thioether (sulfide) groups is 1. The van der Waals surface area contributed by atoms with Crippen LogP contribution in [-0.2, 0) is 22.3 Å². The van der Waals surface area contributed by atoms with E-state index in [4.69, 9.17) is 11.6 Å². The fourth-order valence-corrected chi connectivity index (χ4v) is 6.40. The summed E-state index contributed by atoms with van der Waals surface area (Å²) in [6, 6.07) is 28.9. The lowest BCUT2D eigenvalue weighted by molar-refractivity contribution is 0.0957. The van der Waals surface area contributed by atoms with Gasteiger partial charge in [0.1, 0.15) is 0 Å². The van der Waals surface area contributed by atoms with Gasteiger partial charge in [0.25, 0.3) is 15.9 Å². The van der Waals surface area contributed by atoms with E-state index in [-0.39, 0.29) is 17.3 Å². The van der Waals surface area contributed by atoms with Gasteiger partial charge in [-0.2, -0.15) is 11.8 Å². The van der Waals surface area contributed by atoms with Gasteiger partial charge in [-0.1, -0.05) is 83.4 Å².